The molecule has 0 amide bonds. The van der Waals surface area contributed by atoms with Crippen molar-refractivity contribution >= 4 is 26.5 Å². The van der Waals surface area contributed by atoms with Crippen LogP contribution in [0, 0.1) is 0 Å². The fourth-order valence-corrected chi connectivity index (χ4v) is 13.7. The van der Waals surface area contributed by atoms with E-state index in [2.05, 4.69) is 126 Å². The predicted octanol–water partition coefficient (Wildman–Crippen LogP) is 9.59. The topological polar surface area (TPSA) is 0 Å². The van der Waals surface area contributed by atoms with Crippen LogP contribution in [-0.2, 0) is 0 Å². The van der Waals surface area contributed by atoms with Crippen molar-refractivity contribution in [2.24, 2.45) is 0 Å². The molecule has 2 heteroatoms. The van der Waals surface area contributed by atoms with E-state index in [1.165, 1.54) is 21.5 Å². The van der Waals surface area contributed by atoms with E-state index in [0.29, 0.717) is 0 Å². The van der Waals surface area contributed by atoms with Crippen LogP contribution < -0.4 is 0 Å². The van der Waals surface area contributed by atoms with Gasteiger partial charge in [0.05, 0.1) is 16.1 Å². The lowest BCUT2D eigenvalue weighted by molar-refractivity contribution is 1.36. The van der Waals surface area contributed by atoms with E-state index < -0.39 is 16.1 Å². The Kier molecular flexibility index (Phi) is 12.0. The third-order valence-corrected chi connectivity index (χ3v) is 16.3. The Hall–Kier alpha value is -2.43. The molecule has 0 unspecified atom stereocenters. The van der Waals surface area contributed by atoms with Crippen molar-refractivity contribution in [2.75, 3.05) is 0 Å². The number of hydrogen-bond acceptors (Lipinski definition) is 0. The van der Waals surface area contributed by atoms with Crippen molar-refractivity contribution in [1.29, 1.82) is 0 Å². The number of rotatable bonds is 16. The summed E-state index contributed by atoms with van der Waals surface area (Å²) in [7, 11) is -3.87. The number of allylic oxidation sites excluding steroid dienone is 8. The molecule has 0 saturated heterocycles. The molecule has 1 aromatic carbocycles. The third kappa shape index (κ3) is 6.08. The fraction of sp³-hybridized carbons (Fsp3) is 0.267. The minimum Gasteiger partial charge on any atom is -0.103 e. The maximum Gasteiger partial charge on any atom is 0.0981 e. The lowest BCUT2D eigenvalue weighted by Crippen LogP contribution is -2.37. The second kappa shape index (κ2) is 13.9. The average molecular weight is 459 g/mol. The minimum atomic E-state index is -1.94. The van der Waals surface area contributed by atoms with Gasteiger partial charge in [-0.15, -0.1) is 39.5 Å². The van der Waals surface area contributed by atoms with Crippen LogP contribution in [0.2, 0.25) is 36.3 Å². The van der Waals surface area contributed by atoms with Crippen LogP contribution in [0.25, 0.3) is 10.4 Å². The molecule has 0 aromatic heterocycles. The summed E-state index contributed by atoms with van der Waals surface area (Å²) in [6.07, 6.45) is 17.2. The zero-order valence-electron chi connectivity index (χ0n) is 20.4. The molecule has 0 aliphatic heterocycles. The Bertz CT molecular complexity index is 756. The van der Waals surface area contributed by atoms with E-state index in [1.54, 1.807) is 0 Å². The minimum absolute atomic E-state index is 1.01. The lowest BCUT2D eigenvalue weighted by Gasteiger charge is -2.37. The molecule has 170 valence electrons. The van der Waals surface area contributed by atoms with Gasteiger partial charge in [0.15, 0.2) is 0 Å². The molecule has 0 bridgehead atoms. The zero-order valence-corrected chi connectivity index (χ0v) is 22.4. The zero-order chi connectivity index (χ0) is 24.0. The van der Waals surface area contributed by atoms with Gasteiger partial charge in [0.1, 0.15) is 0 Å². The van der Waals surface area contributed by atoms with Crippen LogP contribution >= 0.6 is 0 Å². The second-order valence-electron chi connectivity index (χ2n) is 8.47. The summed E-state index contributed by atoms with van der Waals surface area (Å²) in [6, 6.07) is 15.0. The first-order valence-corrected chi connectivity index (χ1v) is 16.8. The van der Waals surface area contributed by atoms with Crippen molar-refractivity contribution < 1.29 is 0 Å². The van der Waals surface area contributed by atoms with Crippen LogP contribution in [0.15, 0.2) is 112 Å². The van der Waals surface area contributed by atoms with Gasteiger partial charge < -0.3 is 0 Å². The monoisotopic (exact) mass is 458 g/mol. The van der Waals surface area contributed by atoms with E-state index >= 15 is 0 Å². The molecule has 0 atom stereocenters. The van der Waals surface area contributed by atoms with Crippen LogP contribution in [0.3, 0.4) is 0 Å². The van der Waals surface area contributed by atoms with E-state index in [-0.39, 0.29) is 0 Å². The molecule has 1 aromatic rings. The summed E-state index contributed by atoms with van der Waals surface area (Å²) in [5, 5.41) is 2.96. The normalized spacial score (nSPS) is 12.7. The van der Waals surface area contributed by atoms with E-state index in [9.17, 15) is 0 Å². The Morgan fingerprint density at radius 1 is 0.562 bits per heavy atom. The number of hydrogen-bond donors (Lipinski definition) is 0. The van der Waals surface area contributed by atoms with E-state index in [0.717, 1.165) is 36.3 Å². The highest BCUT2D eigenvalue weighted by Crippen LogP contribution is 2.43. The first-order valence-electron chi connectivity index (χ1n) is 11.6. The molecule has 0 aliphatic carbocycles. The Morgan fingerprint density at radius 3 is 1.00 bits per heavy atom. The summed E-state index contributed by atoms with van der Waals surface area (Å²) in [5.41, 5.74) is 2.71. The van der Waals surface area contributed by atoms with Gasteiger partial charge in [-0.2, -0.15) is 0 Å². The van der Waals surface area contributed by atoms with Crippen LogP contribution in [-0.4, -0.2) is 16.1 Å². The Balaban J connectivity index is 3.90. The van der Waals surface area contributed by atoms with E-state index in [4.69, 9.17) is 0 Å². The van der Waals surface area contributed by atoms with Crippen molar-refractivity contribution in [3.05, 3.63) is 123 Å². The maximum atomic E-state index is 4.11. The van der Waals surface area contributed by atoms with Gasteiger partial charge in [0.25, 0.3) is 0 Å². The van der Waals surface area contributed by atoms with Crippen molar-refractivity contribution in [2.45, 2.75) is 50.1 Å². The molecule has 0 aliphatic rings. The van der Waals surface area contributed by atoms with Gasteiger partial charge in [0.2, 0.25) is 0 Å². The first kappa shape index (κ1) is 27.6. The smallest absolute Gasteiger partial charge is 0.0981 e. The third-order valence-electron chi connectivity index (χ3n) is 6.44. The molecule has 0 radical (unpaired) electrons. The average Bonchev–Trinajstić information content (AvgIpc) is 2.77. The maximum absolute atomic E-state index is 4.11. The van der Waals surface area contributed by atoms with Gasteiger partial charge in [-0.1, -0.05) is 83.3 Å². The Morgan fingerprint density at radius 2 is 0.812 bits per heavy atom. The van der Waals surface area contributed by atoms with Crippen molar-refractivity contribution in [1.82, 2.24) is 0 Å². The highest BCUT2D eigenvalue weighted by Gasteiger charge is 2.38. The molecular weight excluding hydrogens is 417 g/mol. The molecule has 0 fully saturated rings. The van der Waals surface area contributed by atoms with E-state index in [1.807, 2.05) is 0 Å². The first-order chi connectivity index (χ1) is 15.5. The lowest BCUT2D eigenvalue weighted by atomic mass is 10.1. The van der Waals surface area contributed by atoms with Crippen LogP contribution in [0.4, 0.5) is 0 Å². The van der Waals surface area contributed by atoms with Crippen molar-refractivity contribution in [3.63, 3.8) is 0 Å². The highest BCUT2D eigenvalue weighted by molar-refractivity contribution is 6.99. The summed E-state index contributed by atoms with van der Waals surface area (Å²) in [4.78, 5) is 0. The molecular formula is C30H42Si2. The molecule has 0 N–H and O–H groups in total. The fourth-order valence-electron chi connectivity index (χ4n) is 5.27. The predicted molar refractivity (Wildman–Crippen MR) is 155 cm³/mol. The molecule has 1 rings (SSSR count). The number of benzene rings is 1. The van der Waals surface area contributed by atoms with Crippen LogP contribution in [0.5, 0.6) is 0 Å². The molecule has 0 heterocycles. The second-order valence-corrected chi connectivity index (χ2v) is 17.1. The van der Waals surface area contributed by atoms with Crippen molar-refractivity contribution in [3.8, 4) is 0 Å². The standard InChI is InChI=1S/C30H42Si2/c1-9-21-31(22-10-2,23-11-3)29(15-7)27-19-17-18-20-28(27)30(16-8)32(24-12-4,25-13-5)26-14-6/h9-20H,1-6,21-26H2,7-8H3/b29-15+,30-16+. The van der Waals surface area contributed by atoms with Gasteiger partial charge in [-0.05, 0) is 61.2 Å². The SMILES string of the molecule is C=CC[Si](CC=C)(CC=C)/C(=C/C)c1ccccc1/C(=C\C)[Si](CC=C)(CC=C)CC=C. The summed E-state index contributed by atoms with van der Waals surface area (Å²) in [6.45, 7) is 29.0. The molecule has 0 nitrogen and oxygen atoms in total. The molecule has 0 saturated carbocycles. The largest absolute Gasteiger partial charge is 0.103 e. The van der Waals surface area contributed by atoms with Gasteiger partial charge in [-0.25, -0.2) is 0 Å². The van der Waals surface area contributed by atoms with Gasteiger partial charge >= 0.3 is 0 Å². The summed E-state index contributed by atoms with van der Waals surface area (Å²) in [5.74, 6) is 0. The molecule has 0 spiro atoms. The molecule has 32 heavy (non-hydrogen) atoms. The van der Waals surface area contributed by atoms with Gasteiger partial charge in [-0.3, -0.25) is 0 Å². The van der Waals surface area contributed by atoms with Crippen LogP contribution in [0.1, 0.15) is 25.0 Å². The Labute approximate surface area is 199 Å². The van der Waals surface area contributed by atoms with Gasteiger partial charge in [0, 0.05) is 0 Å². The highest BCUT2D eigenvalue weighted by atomic mass is 28.3. The quantitative estimate of drug-likeness (QED) is 0.171. The summed E-state index contributed by atoms with van der Waals surface area (Å²) < 4.78 is 0. The summed E-state index contributed by atoms with van der Waals surface area (Å²) >= 11 is 0.